The van der Waals surface area contributed by atoms with Gasteiger partial charge in [0.1, 0.15) is 11.2 Å². The summed E-state index contributed by atoms with van der Waals surface area (Å²) in [5.41, 5.74) is -0.223. The lowest BCUT2D eigenvalue weighted by Crippen LogP contribution is -2.44. The maximum absolute atomic E-state index is 13.2. The van der Waals surface area contributed by atoms with Crippen LogP contribution >= 0.6 is 11.3 Å². The highest BCUT2D eigenvalue weighted by Crippen LogP contribution is 2.30. The number of hydrogen-bond acceptors (Lipinski definition) is 5. The second-order valence-corrected chi connectivity index (χ2v) is 9.57. The maximum atomic E-state index is 13.2. The van der Waals surface area contributed by atoms with Crippen LogP contribution < -0.4 is 21.9 Å². The van der Waals surface area contributed by atoms with Crippen molar-refractivity contribution in [1.82, 2.24) is 19.8 Å². The summed E-state index contributed by atoms with van der Waals surface area (Å²) in [4.78, 5) is 50.7. The lowest BCUT2D eigenvalue weighted by Gasteiger charge is -2.28. The second kappa shape index (κ2) is 10.3. The predicted molar refractivity (Wildman–Crippen MR) is 122 cm³/mol. The second-order valence-electron chi connectivity index (χ2n) is 8.65. The molecule has 0 unspecified atom stereocenters. The first-order chi connectivity index (χ1) is 14.8. The van der Waals surface area contributed by atoms with E-state index in [1.54, 1.807) is 11.4 Å². The number of rotatable bonds is 8. The Kier molecular flexibility index (Phi) is 7.69. The number of carbonyl (C=O) groups is 2. The third-order valence-electron chi connectivity index (χ3n) is 5.80. The zero-order valence-corrected chi connectivity index (χ0v) is 19.3. The molecule has 0 atom stereocenters. The van der Waals surface area contributed by atoms with Gasteiger partial charge in [-0.2, -0.15) is 0 Å². The SMILES string of the molecule is CCCNC(=O)Cn1c(=O)n(CC2CCC(C(=O)NC(C)C)CC2)c(=O)c2sccc21. The highest BCUT2D eigenvalue weighted by molar-refractivity contribution is 7.17. The van der Waals surface area contributed by atoms with Crippen LogP contribution in [0.2, 0.25) is 0 Å². The van der Waals surface area contributed by atoms with Gasteiger partial charge in [0.05, 0.1) is 5.52 Å². The van der Waals surface area contributed by atoms with Gasteiger partial charge in [0.15, 0.2) is 0 Å². The first kappa shape index (κ1) is 23.2. The summed E-state index contributed by atoms with van der Waals surface area (Å²) in [6.07, 6.45) is 3.91. The molecule has 0 aromatic carbocycles. The molecule has 31 heavy (non-hydrogen) atoms. The fourth-order valence-corrected chi connectivity index (χ4v) is 5.02. The van der Waals surface area contributed by atoms with Crippen LogP contribution in [-0.4, -0.2) is 33.5 Å². The van der Waals surface area contributed by atoms with Gasteiger partial charge in [0, 0.05) is 25.0 Å². The van der Waals surface area contributed by atoms with Crippen molar-refractivity contribution < 1.29 is 9.59 Å². The van der Waals surface area contributed by atoms with Crippen LogP contribution in [0.25, 0.3) is 10.2 Å². The van der Waals surface area contributed by atoms with E-state index in [0.29, 0.717) is 23.3 Å². The van der Waals surface area contributed by atoms with Crippen LogP contribution in [0.1, 0.15) is 52.9 Å². The highest BCUT2D eigenvalue weighted by atomic mass is 32.1. The molecule has 0 aliphatic heterocycles. The van der Waals surface area contributed by atoms with E-state index in [0.717, 1.165) is 32.1 Å². The molecule has 2 amide bonds. The number of nitrogens with zero attached hydrogens (tertiary/aromatic N) is 2. The minimum Gasteiger partial charge on any atom is -0.355 e. The van der Waals surface area contributed by atoms with Crippen molar-refractivity contribution in [3.8, 4) is 0 Å². The molecule has 170 valence electrons. The molecular weight excluding hydrogens is 416 g/mol. The van der Waals surface area contributed by atoms with E-state index in [1.807, 2.05) is 20.8 Å². The molecule has 2 heterocycles. The van der Waals surface area contributed by atoms with Crippen molar-refractivity contribution in [2.45, 2.75) is 72.0 Å². The van der Waals surface area contributed by atoms with Crippen LogP contribution in [0.15, 0.2) is 21.0 Å². The largest absolute Gasteiger partial charge is 0.355 e. The summed E-state index contributed by atoms with van der Waals surface area (Å²) in [5, 5.41) is 7.53. The van der Waals surface area contributed by atoms with Crippen molar-refractivity contribution in [2.24, 2.45) is 11.8 Å². The molecule has 0 saturated heterocycles. The van der Waals surface area contributed by atoms with Crippen LogP contribution in [0.3, 0.4) is 0 Å². The van der Waals surface area contributed by atoms with E-state index in [-0.39, 0.29) is 41.8 Å². The standard InChI is InChI=1S/C22H32N4O4S/c1-4-10-23-18(27)13-25-17-9-11-31-19(17)21(29)26(22(25)30)12-15-5-7-16(8-6-15)20(28)24-14(2)3/h9,11,14-16H,4-8,10,12-13H2,1-3H3,(H,23,27)(H,24,28). The Morgan fingerprint density at radius 2 is 1.87 bits per heavy atom. The number of carbonyl (C=O) groups excluding carboxylic acids is 2. The van der Waals surface area contributed by atoms with E-state index in [1.165, 1.54) is 20.5 Å². The third kappa shape index (κ3) is 5.44. The van der Waals surface area contributed by atoms with E-state index in [2.05, 4.69) is 10.6 Å². The number of thiophene rings is 1. The molecule has 0 radical (unpaired) electrons. The summed E-state index contributed by atoms with van der Waals surface area (Å²) >= 11 is 1.29. The predicted octanol–water partition coefficient (Wildman–Crippen LogP) is 2.08. The Hall–Kier alpha value is -2.42. The van der Waals surface area contributed by atoms with Gasteiger partial charge in [0.25, 0.3) is 5.56 Å². The number of amides is 2. The Labute approximate surface area is 185 Å². The van der Waals surface area contributed by atoms with Crippen LogP contribution in [0.4, 0.5) is 0 Å². The Morgan fingerprint density at radius 3 is 2.52 bits per heavy atom. The first-order valence-electron chi connectivity index (χ1n) is 11.1. The van der Waals surface area contributed by atoms with Gasteiger partial charge < -0.3 is 10.6 Å². The lowest BCUT2D eigenvalue weighted by atomic mass is 9.81. The van der Waals surface area contributed by atoms with E-state index in [9.17, 15) is 19.2 Å². The molecule has 1 saturated carbocycles. The molecule has 2 aromatic rings. The average molecular weight is 449 g/mol. The van der Waals surface area contributed by atoms with Gasteiger partial charge in [-0.15, -0.1) is 11.3 Å². The molecule has 2 N–H and O–H groups in total. The first-order valence-corrected chi connectivity index (χ1v) is 12.0. The molecule has 1 fully saturated rings. The Morgan fingerprint density at radius 1 is 1.16 bits per heavy atom. The van der Waals surface area contributed by atoms with E-state index < -0.39 is 5.69 Å². The average Bonchev–Trinajstić information content (AvgIpc) is 3.22. The summed E-state index contributed by atoms with van der Waals surface area (Å²) in [5.74, 6) is 0.00624. The molecule has 1 aliphatic rings. The third-order valence-corrected chi connectivity index (χ3v) is 6.69. The monoisotopic (exact) mass is 448 g/mol. The van der Waals surface area contributed by atoms with Gasteiger partial charge in [-0.25, -0.2) is 4.79 Å². The van der Waals surface area contributed by atoms with Gasteiger partial charge in [-0.3, -0.25) is 23.5 Å². The minimum absolute atomic E-state index is 0.00549. The van der Waals surface area contributed by atoms with Crippen molar-refractivity contribution in [2.75, 3.05) is 6.54 Å². The van der Waals surface area contributed by atoms with Gasteiger partial charge >= 0.3 is 5.69 Å². The van der Waals surface area contributed by atoms with Crippen molar-refractivity contribution >= 4 is 33.4 Å². The molecule has 0 bridgehead atoms. The zero-order valence-electron chi connectivity index (χ0n) is 18.5. The van der Waals surface area contributed by atoms with Crippen LogP contribution in [0.5, 0.6) is 0 Å². The molecule has 3 rings (SSSR count). The normalized spacial score (nSPS) is 19.0. The van der Waals surface area contributed by atoms with Crippen molar-refractivity contribution in [3.63, 3.8) is 0 Å². The van der Waals surface area contributed by atoms with Gasteiger partial charge in [0.2, 0.25) is 11.8 Å². The fraction of sp³-hybridized carbons (Fsp3) is 0.636. The van der Waals surface area contributed by atoms with E-state index in [4.69, 9.17) is 0 Å². The fourth-order valence-electron chi connectivity index (χ4n) is 4.18. The van der Waals surface area contributed by atoms with Gasteiger partial charge in [-0.1, -0.05) is 6.92 Å². The minimum atomic E-state index is -0.442. The molecule has 8 nitrogen and oxygen atoms in total. The summed E-state index contributed by atoms with van der Waals surface area (Å²) in [6.45, 7) is 6.63. The van der Waals surface area contributed by atoms with Crippen LogP contribution in [-0.2, 0) is 22.7 Å². The summed E-state index contributed by atoms with van der Waals surface area (Å²) < 4.78 is 3.18. The number of fused-ring (bicyclic) bond motifs is 1. The zero-order chi connectivity index (χ0) is 22.5. The summed E-state index contributed by atoms with van der Waals surface area (Å²) in [7, 11) is 0. The Balaban J connectivity index is 1.78. The molecule has 9 heteroatoms. The highest BCUT2D eigenvalue weighted by Gasteiger charge is 2.28. The maximum Gasteiger partial charge on any atom is 0.332 e. The number of aromatic nitrogens is 2. The smallest absolute Gasteiger partial charge is 0.332 e. The molecule has 1 aliphatic carbocycles. The van der Waals surface area contributed by atoms with E-state index >= 15 is 0 Å². The molecule has 2 aromatic heterocycles. The van der Waals surface area contributed by atoms with Crippen molar-refractivity contribution in [1.29, 1.82) is 0 Å². The quantitative estimate of drug-likeness (QED) is 0.645. The number of nitrogens with one attached hydrogen (secondary N) is 2. The van der Waals surface area contributed by atoms with Crippen molar-refractivity contribution in [3.05, 3.63) is 32.3 Å². The molecule has 0 spiro atoms. The topological polar surface area (TPSA) is 102 Å². The number of hydrogen-bond donors (Lipinski definition) is 2. The van der Waals surface area contributed by atoms with Crippen LogP contribution in [0, 0.1) is 11.8 Å². The molecular formula is C22H32N4O4S. The summed E-state index contributed by atoms with van der Waals surface area (Å²) in [6, 6.07) is 1.84. The Bertz CT molecular complexity index is 1040. The lowest BCUT2D eigenvalue weighted by molar-refractivity contribution is -0.126. The van der Waals surface area contributed by atoms with Gasteiger partial charge in [-0.05, 0) is 63.3 Å².